The first-order chi connectivity index (χ1) is 6.26. The Morgan fingerprint density at radius 2 is 2.00 bits per heavy atom. The largest absolute Gasteiger partial charge is 0.381 e. The third-order valence-electron chi connectivity index (χ3n) is 3.26. The highest BCUT2D eigenvalue weighted by molar-refractivity contribution is 5.76. The highest BCUT2D eigenvalue weighted by Gasteiger charge is 2.45. The molecule has 2 aliphatic rings. The van der Waals surface area contributed by atoms with E-state index >= 15 is 0 Å². The Morgan fingerprint density at radius 1 is 1.38 bits per heavy atom. The molecule has 1 spiro atoms. The molecule has 2 heterocycles. The summed E-state index contributed by atoms with van der Waals surface area (Å²) in [6, 6.07) is 0. The van der Waals surface area contributed by atoms with E-state index in [4.69, 9.17) is 4.74 Å². The van der Waals surface area contributed by atoms with Crippen molar-refractivity contribution in [2.24, 2.45) is 5.41 Å². The topological polar surface area (TPSA) is 29.5 Å². The molecule has 0 radical (unpaired) electrons. The maximum atomic E-state index is 11.3. The Bertz CT molecular complexity index is 201. The predicted molar refractivity (Wildman–Crippen MR) is 49.4 cm³/mol. The molecule has 2 rings (SSSR count). The smallest absolute Gasteiger partial charge is 0.222 e. The van der Waals surface area contributed by atoms with Crippen molar-refractivity contribution in [3.63, 3.8) is 0 Å². The van der Waals surface area contributed by atoms with Crippen molar-refractivity contribution in [2.45, 2.75) is 26.2 Å². The Labute approximate surface area is 79.0 Å². The third-order valence-corrected chi connectivity index (χ3v) is 3.26. The molecule has 74 valence electrons. The van der Waals surface area contributed by atoms with Gasteiger partial charge < -0.3 is 9.64 Å². The first kappa shape index (κ1) is 9.00. The Kier molecular flexibility index (Phi) is 2.28. The van der Waals surface area contributed by atoms with Crippen LogP contribution in [-0.4, -0.2) is 37.1 Å². The molecule has 3 heteroatoms. The maximum absolute atomic E-state index is 11.3. The second kappa shape index (κ2) is 3.29. The average molecular weight is 183 g/mol. The highest BCUT2D eigenvalue weighted by Crippen LogP contribution is 2.39. The van der Waals surface area contributed by atoms with E-state index in [1.54, 1.807) is 0 Å². The van der Waals surface area contributed by atoms with E-state index in [1.165, 1.54) is 0 Å². The molecule has 0 N–H and O–H groups in total. The zero-order valence-corrected chi connectivity index (χ0v) is 8.21. The molecule has 13 heavy (non-hydrogen) atoms. The number of carbonyl (C=O) groups is 1. The van der Waals surface area contributed by atoms with E-state index in [1.807, 2.05) is 11.8 Å². The molecule has 0 aromatic carbocycles. The SMILES string of the molecule is CCC(=O)N1CC2(CCOCC2)C1. The Balaban J connectivity index is 1.85. The van der Waals surface area contributed by atoms with Gasteiger partial charge in [0, 0.05) is 38.1 Å². The summed E-state index contributed by atoms with van der Waals surface area (Å²) in [4.78, 5) is 13.3. The minimum absolute atomic E-state index is 0.303. The lowest BCUT2D eigenvalue weighted by Crippen LogP contribution is -2.60. The van der Waals surface area contributed by atoms with Crippen LogP contribution in [0, 0.1) is 5.41 Å². The summed E-state index contributed by atoms with van der Waals surface area (Å²) in [7, 11) is 0. The lowest BCUT2D eigenvalue weighted by atomic mass is 9.73. The van der Waals surface area contributed by atoms with E-state index in [-0.39, 0.29) is 0 Å². The number of nitrogens with zero attached hydrogens (tertiary/aromatic N) is 1. The van der Waals surface area contributed by atoms with Crippen LogP contribution in [-0.2, 0) is 9.53 Å². The molecular weight excluding hydrogens is 166 g/mol. The standard InChI is InChI=1S/C10H17NO2/c1-2-9(12)11-7-10(8-11)3-5-13-6-4-10/h2-8H2,1H3. The van der Waals surface area contributed by atoms with Gasteiger partial charge in [-0.05, 0) is 12.8 Å². The fourth-order valence-corrected chi connectivity index (χ4v) is 2.28. The van der Waals surface area contributed by atoms with Gasteiger partial charge in [-0.25, -0.2) is 0 Å². The molecule has 0 bridgehead atoms. The highest BCUT2D eigenvalue weighted by atomic mass is 16.5. The first-order valence-corrected chi connectivity index (χ1v) is 5.11. The number of amides is 1. The van der Waals surface area contributed by atoms with Gasteiger partial charge in [-0.1, -0.05) is 6.92 Å². The molecule has 0 unspecified atom stereocenters. The lowest BCUT2D eigenvalue weighted by molar-refractivity contribution is -0.149. The number of hydrogen-bond donors (Lipinski definition) is 0. The number of carbonyl (C=O) groups excluding carboxylic acids is 1. The number of rotatable bonds is 1. The van der Waals surface area contributed by atoms with Crippen LogP contribution >= 0.6 is 0 Å². The van der Waals surface area contributed by atoms with Gasteiger partial charge in [0.1, 0.15) is 0 Å². The molecule has 3 nitrogen and oxygen atoms in total. The van der Waals surface area contributed by atoms with Crippen molar-refractivity contribution in [1.29, 1.82) is 0 Å². The van der Waals surface area contributed by atoms with Gasteiger partial charge in [-0.3, -0.25) is 4.79 Å². The monoisotopic (exact) mass is 183 g/mol. The minimum atomic E-state index is 0.303. The maximum Gasteiger partial charge on any atom is 0.222 e. The van der Waals surface area contributed by atoms with E-state index in [0.29, 0.717) is 17.7 Å². The van der Waals surface area contributed by atoms with Crippen LogP contribution in [0.5, 0.6) is 0 Å². The minimum Gasteiger partial charge on any atom is -0.381 e. The van der Waals surface area contributed by atoms with Gasteiger partial charge in [0.2, 0.25) is 5.91 Å². The molecule has 0 aliphatic carbocycles. The van der Waals surface area contributed by atoms with Crippen molar-refractivity contribution in [3.05, 3.63) is 0 Å². The van der Waals surface area contributed by atoms with Crippen molar-refractivity contribution in [1.82, 2.24) is 4.90 Å². The van der Waals surface area contributed by atoms with Crippen LogP contribution < -0.4 is 0 Å². The summed E-state index contributed by atoms with van der Waals surface area (Å²) in [6.07, 6.45) is 2.92. The molecule has 1 amide bonds. The molecule has 0 atom stereocenters. The summed E-state index contributed by atoms with van der Waals surface area (Å²) in [6.45, 7) is 5.64. The van der Waals surface area contributed by atoms with E-state index in [0.717, 1.165) is 39.1 Å². The zero-order chi connectivity index (χ0) is 9.31. The van der Waals surface area contributed by atoms with Gasteiger partial charge in [0.15, 0.2) is 0 Å². The summed E-state index contributed by atoms with van der Waals surface area (Å²) >= 11 is 0. The molecule has 2 aliphatic heterocycles. The van der Waals surface area contributed by atoms with Crippen molar-refractivity contribution >= 4 is 5.91 Å². The molecule has 2 fully saturated rings. The van der Waals surface area contributed by atoms with Gasteiger partial charge in [-0.15, -0.1) is 0 Å². The zero-order valence-electron chi connectivity index (χ0n) is 8.21. The van der Waals surface area contributed by atoms with Crippen LogP contribution in [0.15, 0.2) is 0 Å². The van der Waals surface area contributed by atoms with Crippen LogP contribution in [0.25, 0.3) is 0 Å². The van der Waals surface area contributed by atoms with Crippen LogP contribution in [0.4, 0.5) is 0 Å². The number of likely N-dealkylation sites (tertiary alicyclic amines) is 1. The Hall–Kier alpha value is -0.570. The van der Waals surface area contributed by atoms with Crippen LogP contribution in [0.1, 0.15) is 26.2 Å². The third kappa shape index (κ3) is 1.57. The summed E-state index contributed by atoms with van der Waals surface area (Å²) in [5.74, 6) is 0.303. The van der Waals surface area contributed by atoms with Gasteiger partial charge in [0.05, 0.1) is 0 Å². The second-order valence-electron chi connectivity index (χ2n) is 4.22. The van der Waals surface area contributed by atoms with Crippen LogP contribution in [0.2, 0.25) is 0 Å². The average Bonchev–Trinajstić information content (AvgIpc) is 2.14. The van der Waals surface area contributed by atoms with Crippen molar-refractivity contribution in [3.8, 4) is 0 Å². The van der Waals surface area contributed by atoms with Crippen molar-refractivity contribution in [2.75, 3.05) is 26.3 Å². The molecule has 2 saturated heterocycles. The summed E-state index contributed by atoms with van der Waals surface area (Å²) in [5, 5.41) is 0. The quantitative estimate of drug-likeness (QED) is 0.608. The predicted octanol–water partition coefficient (Wildman–Crippen LogP) is 1.04. The van der Waals surface area contributed by atoms with Gasteiger partial charge in [0.25, 0.3) is 0 Å². The lowest BCUT2D eigenvalue weighted by Gasteiger charge is -2.52. The van der Waals surface area contributed by atoms with Crippen LogP contribution in [0.3, 0.4) is 0 Å². The summed E-state index contributed by atoms with van der Waals surface area (Å²) < 4.78 is 5.32. The second-order valence-corrected chi connectivity index (χ2v) is 4.22. The number of ether oxygens (including phenoxy) is 1. The fraction of sp³-hybridized carbons (Fsp3) is 0.900. The fourth-order valence-electron chi connectivity index (χ4n) is 2.28. The Morgan fingerprint density at radius 3 is 2.54 bits per heavy atom. The molecule has 0 aromatic heterocycles. The molecule has 0 saturated carbocycles. The number of hydrogen-bond acceptors (Lipinski definition) is 2. The molecular formula is C10H17NO2. The summed E-state index contributed by atoms with van der Waals surface area (Å²) in [5.41, 5.74) is 0.434. The van der Waals surface area contributed by atoms with Gasteiger partial charge in [-0.2, -0.15) is 0 Å². The normalized spacial score (nSPS) is 25.8. The van der Waals surface area contributed by atoms with E-state index in [9.17, 15) is 4.79 Å². The van der Waals surface area contributed by atoms with E-state index in [2.05, 4.69) is 0 Å². The van der Waals surface area contributed by atoms with Crippen molar-refractivity contribution < 1.29 is 9.53 Å². The van der Waals surface area contributed by atoms with E-state index < -0.39 is 0 Å². The molecule has 0 aromatic rings. The van der Waals surface area contributed by atoms with Gasteiger partial charge >= 0.3 is 0 Å². The first-order valence-electron chi connectivity index (χ1n) is 5.11.